The van der Waals surface area contributed by atoms with Crippen LogP contribution < -0.4 is 15.2 Å². The van der Waals surface area contributed by atoms with Crippen LogP contribution in [0.15, 0.2) is 21.1 Å². The average molecular weight is 437 g/mol. The number of alkyl halides is 3. The van der Waals surface area contributed by atoms with Crippen molar-refractivity contribution in [2.45, 2.75) is 6.18 Å². The van der Waals surface area contributed by atoms with Crippen molar-refractivity contribution in [2.75, 3.05) is 13.7 Å². The highest BCUT2D eigenvalue weighted by Gasteiger charge is 2.42. The van der Waals surface area contributed by atoms with E-state index in [0.717, 1.165) is 0 Å². The van der Waals surface area contributed by atoms with Crippen LogP contribution in [0.5, 0.6) is 11.5 Å². The van der Waals surface area contributed by atoms with Crippen LogP contribution in [0.3, 0.4) is 0 Å². The minimum absolute atomic E-state index is 0.225. The van der Waals surface area contributed by atoms with Crippen LogP contribution in [0.2, 0.25) is 0 Å². The number of ether oxygens (including phenoxy) is 2. The van der Waals surface area contributed by atoms with Gasteiger partial charge in [-0.2, -0.15) is 13.2 Å². The highest BCUT2D eigenvalue weighted by Crippen LogP contribution is 2.37. The third-order valence-electron chi connectivity index (χ3n) is 2.35. The van der Waals surface area contributed by atoms with E-state index in [1.807, 2.05) is 0 Å². The highest BCUT2D eigenvalue weighted by atomic mass is 79.9. The van der Waals surface area contributed by atoms with Crippen molar-refractivity contribution in [3.05, 3.63) is 21.1 Å². The number of rotatable bonds is 5. The molecule has 0 fully saturated rings. The van der Waals surface area contributed by atoms with Gasteiger partial charge in [0.2, 0.25) is 0 Å². The van der Waals surface area contributed by atoms with Gasteiger partial charge >= 0.3 is 6.18 Å². The van der Waals surface area contributed by atoms with Crippen molar-refractivity contribution in [1.82, 2.24) is 0 Å². The van der Waals surface area contributed by atoms with E-state index in [4.69, 9.17) is 15.2 Å². The summed E-state index contributed by atoms with van der Waals surface area (Å²) in [6.07, 6.45) is -4.54. The maximum atomic E-state index is 12.7. The van der Waals surface area contributed by atoms with Crippen LogP contribution in [-0.2, 0) is 0 Å². The Bertz CT molecular complexity index is 511. The van der Waals surface area contributed by atoms with Gasteiger partial charge in [0.15, 0.2) is 0 Å². The van der Waals surface area contributed by atoms with E-state index >= 15 is 0 Å². The normalized spacial score (nSPS) is 12.9. The molecule has 9 heteroatoms. The molecule has 0 amide bonds. The van der Waals surface area contributed by atoms with Gasteiger partial charge in [0.25, 0.3) is 0 Å². The molecule has 0 heterocycles. The highest BCUT2D eigenvalue weighted by molar-refractivity contribution is 9.11. The van der Waals surface area contributed by atoms with Crippen molar-refractivity contribution in [3.63, 3.8) is 0 Å². The largest absolute Gasteiger partial charge is 0.496 e. The fraction of sp³-hybridized carbons (Fsp3) is 0.364. The Hall–Kier alpha value is -0.540. The maximum Gasteiger partial charge on any atom is 0.401 e. The zero-order valence-electron chi connectivity index (χ0n) is 10.1. The van der Waals surface area contributed by atoms with Crippen LogP contribution in [0.25, 0.3) is 0 Å². The first kappa shape index (κ1) is 17.5. The lowest BCUT2D eigenvalue weighted by Gasteiger charge is -2.20. The van der Waals surface area contributed by atoms with Crippen molar-refractivity contribution in [1.29, 1.82) is 0 Å². The number of benzene rings is 1. The third-order valence-corrected chi connectivity index (χ3v) is 3.87. The quantitative estimate of drug-likeness (QED) is 0.707. The summed E-state index contributed by atoms with van der Waals surface area (Å²) in [4.78, 5) is -0.652. The number of nitrogens with two attached hydrogens (primary N) is 1. The Labute approximate surface area is 135 Å². The molecule has 0 saturated heterocycles. The first-order chi connectivity index (χ1) is 9.16. The van der Waals surface area contributed by atoms with E-state index in [0.29, 0.717) is 14.7 Å². The van der Waals surface area contributed by atoms with Gasteiger partial charge in [-0.1, -0.05) is 12.2 Å². The summed E-state index contributed by atoms with van der Waals surface area (Å²) in [7, 11) is 1.47. The summed E-state index contributed by atoms with van der Waals surface area (Å²) >= 11 is 10.8. The van der Waals surface area contributed by atoms with Gasteiger partial charge < -0.3 is 15.2 Å². The summed E-state index contributed by atoms with van der Waals surface area (Å²) < 4.78 is 49.3. The molecule has 2 N–H and O–H groups in total. The predicted molar refractivity (Wildman–Crippen MR) is 80.2 cm³/mol. The molecule has 0 bridgehead atoms. The van der Waals surface area contributed by atoms with Gasteiger partial charge in [-0.25, -0.2) is 0 Å². The minimum atomic E-state index is -4.54. The molecule has 1 unspecified atom stereocenters. The number of methoxy groups -OCH3 is 1. The number of thiocarbonyl (C=S) groups is 1. The van der Waals surface area contributed by atoms with E-state index in [9.17, 15) is 13.2 Å². The molecule has 3 nitrogen and oxygen atoms in total. The smallest absolute Gasteiger partial charge is 0.401 e. The molecular formula is C11H10Br2F3NO2S. The zero-order chi connectivity index (χ0) is 15.5. The van der Waals surface area contributed by atoms with Crippen LogP contribution in [0.4, 0.5) is 13.2 Å². The number of halogens is 5. The summed E-state index contributed by atoms with van der Waals surface area (Å²) in [5.41, 5.74) is 5.09. The van der Waals surface area contributed by atoms with Crippen LogP contribution in [0.1, 0.15) is 0 Å². The molecule has 20 heavy (non-hydrogen) atoms. The van der Waals surface area contributed by atoms with Crippen molar-refractivity contribution in [2.24, 2.45) is 11.7 Å². The Kier molecular flexibility index (Phi) is 6.08. The molecule has 0 aliphatic carbocycles. The molecular weight excluding hydrogens is 427 g/mol. The number of hydrogen-bond acceptors (Lipinski definition) is 3. The fourth-order valence-electron chi connectivity index (χ4n) is 1.29. The molecule has 0 radical (unpaired) electrons. The van der Waals surface area contributed by atoms with E-state index < -0.39 is 23.7 Å². The van der Waals surface area contributed by atoms with Crippen molar-refractivity contribution in [3.8, 4) is 11.5 Å². The summed E-state index contributed by atoms with van der Waals surface area (Å²) in [5.74, 6) is -1.25. The van der Waals surface area contributed by atoms with Gasteiger partial charge in [0.05, 0.1) is 21.0 Å². The van der Waals surface area contributed by atoms with Crippen molar-refractivity contribution < 1.29 is 22.6 Å². The maximum absolute atomic E-state index is 12.7. The summed E-state index contributed by atoms with van der Waals surface area (Å²) in [5, 5.41) is 0. The molecule has 1 atom stereocenters. The van der Waals surface area contributed by atoms with Crippen molar-refractivity contribution >= 4 is 49.1 Å². The second kappa shape index (κ2) is 6.95. The standard InChI is InChI=1S/C11H10Br2F3NO2S/c1-18-8-2-7(13)9(3-6(8)12)19-4-5(10(17)20)11(14,15)16/h2-3,5H,4H2,1H3,(H2,17,20). The Morgan fingerprint density at radius 1 is 1.30 bits per heavy atom. The molecule has 0 saturated carbocycles. The molecule has 0 spiro atoms. The Morgan fingerprint density at radius 3 is 2.25 bits per heavy atom. The summed E-state index contributed by atoms with van der Waals surface area (Å²) in [6, 6.07) is 3.07. The van der Waals surface area contributed by atoms with E-state index in [1.165, 1.54) is 13.2 Å². The molecule has 0 aromatic heterocycles. The second-order valence-corrected chi connectivity index (χ2v) is 5.90. The fourth-order valence-corrected chi connectivity index (χ4v) is 2.41. The Morgan fingerprint density at radius 2 is 1.80 bits per heavy atom. The van der Waals surface area contributed by atoms with E-state index in [-0.39, 0.29) is 5.75 Å². The molecule has 1 aromatic carbocycles. The molecule has 1 aromatic rings. The first-order valence-corrected chi connectivity index (χ1v) is 7.18. The lowest BCUT2D eigenvalue weighted by atomic mass is 10.1. The monoisotopic (exact) mass is 435 g/mol. The topological polar surface area (TPSA) is 44.5 Å². The molecule has 1 rings (SSSR count). The average Bonchev–Trinajstić information content (AvgIpc) is 2.30. The van der Waals surface area contributed by atoms with Crippen LogP contribution in [0, 0.1) is 5.92 Å². The summed E-state index contributed by atoms with van der Waals surface area (Å²) in [6.45, 7) is -0.684. The molecule has 0 aliphatic heterocycles. The van der Waals surface area contributed by atoms with Gasteiger partial charge in [-0.3, -0.25) is 0 Å². The lowest BCUT2D eigenvalue weighted by molar-refractivity contribution is -0.161. The zero-order valence-corrected chi connectivity index (χ0v) is 14.1. The Balaban J connectivity index is 2.89. The van der Waals surface area contributed by atoms with E-state index in [1.54, 1.807) is 6.07 Å². The molecule has 112 valence electrons. The third kappa shape index (κ3) is 4.49. The number of hydrogen-bond donors (Lipinski definition) is 1. The van der Waals surface area contributed by atoms with Crippen LogP contribution >= 0.6 is 44.1 Å². The van der Waals surface area contributed by atoms with Gasteiger partial charge in [-0.05, 0) is 44.0 Å². The van der Waals surface area contributed by atoms with Crippen LogP contribution in [-0.4, -0.2) is 24.9 Å². The minimum Gasteiger partial charge on any atom is -0.496 e. The van der Waals surface area contributed by atoms with E-state index in [2.05, 4.69) is 44.1 Å². The van der Waals surface area contributed by atoms with Gasteiger partial charge in [0, 0.05) is 0 Å². The van der Waals surface area contributed by atoms with Gasteiger partial charge in [-0.15, -0.1) is 0 Å². The predicted octanol–water partition coefficient (Wildman–Crippen LogP) is 4.06. The molecule has 0 aliphatic rings. The van der Waals surface area contributed by atoms with Gasteiger partial charge in [0.1, 0.15) is 24.0 Å². The first-order valence-electron chi connectivity index (χ1n) is 5.18. The lowest BCUT2D eigenvalue weighted by Crippen LogP contribution is -2.38. The SMILES string of the molecule is COc1cc(Br)c(OCC(C(N)=S)C(F)(F)F)cc1Br. The second-order valence-electron chi connectivity index (χ2n) is 3.72.